The van der Waals surface area contributed by atoms with Crippen LogP contribution in [0.1, 0.15) is 19.3 Å². The first kappa shape index (κ1) is 10.7. The number of morpholine rings is 1. The summed E-state index contributed by atoms with van der Waals surface area (Å²) in [7, 11) is 2.14. The van der Waals surface area contributed by atoms with Crippen molar-refractivity contribution in [2.24, 2.45) is 0 Å². The van der Waals surface area contributed by atoms with Crippen LogP contribution < -0.4 is 0 Å². The standard InChI is InChI=1S/C10H18FNOS/c1-12-8-4-3-7(11)5-9(8)13-6-10(12)14-2/h7-10H,3-6H2,1-2H3. The third kappa shape index (κ3) is 1.92. The summed E-state index contributed by atoms with van der Waals surface area (Å²) in [4.78, 5) is 2.37. The van der Waals surface area contributed by atoms with Gasteiger partial charge in [0.1, 0.15) is 6.17 Å². The van der Waals surface area contributed by atoms with Gasteiger partial charge in [-0.25, -0.2) is 4.39 Å². The highest BCUT2D eigenvalue weighted by Gasteiger charge is 2.39. The zero-order valence-electron chi connectivity index (χ0n) is 8.78. The van der Waals surface area contributed by atoms with E-state index in [9.17, 15) is 4.39 Å². The van der Waals surface area contributed by atoms with E-state index in [1.807, 2.05) is 11.8 Å². The molecule has 0 N–H and O–H groups in total. The number of alkyl halides is 1. The second-order valence-electron chi connectivity index (χ2n) is 4.21. The molecule has 82 valence electrons. The average Bonchev–Trinajstić information content (AvgIpc) is 2.18. The molecule has 1 aliphatic carbocycles. The summed E-state index contributed by atoms with van der Waals surface area (Å²) in [6.45, 7) is 0.742. The van der Waals surface area contributed by atoms with Crippen LogP contribution in [0.4, 0.5) is 4.39 Å². The van der Waals surface area contributed by atoms with Crippen LogP contribution in [0.5, 0.6) is 0 Å². The molecule has 0 bridgehead atoms. The van der Waals surface area contributed by atoms with Gasteiger partial charge in [0, 0.05) is 12.5 Å². The molecule has 0 radical (unpaired) electrons. The van der Waals surface area contributed by atoms with Crippen LogP contribution in [0, 0.1) is 0 Å². The van der Waals surface area contributed by atoms with E-state index in [1.54, 1.807) is 0 Å². The Bertz CT molecular complexity index is 203. The average molecular weight is 219 g/mol. The quantitative estimate of drug-likeness (QED) is 0.668. The molecule has 1 saturated heterocycles. The van der Waals surface area contributed by atoms with Gasteiger partial charge < -0.3 is 4.74 Å². The third-order valence-corrected chi connectivity index (χ3v) is 4.41. The van der Waals surface area contributed by atoms with E-state index < -0.39 is 6.17 Å². The Hall–Kier alpha value is 0.200. The second kappa shape index (κ2) is 4.37. The number of hydrogen-bond donors (Lipinski definition) is 0. The predicted molar refractivity (Wildman–Crippen MR) is 57.3 cm³/mol. The molecule has 2 aliphatic rings. The lowest BCUT2D eigenvalue weighted by molar-refractivity contribution is -0.100. The van der Waals surface area contributed by atoms with Gasteiger partial charge in [0.2, 0.25) is 0 Å². The number of rotatable bonds is 1. The maximum atomic E-state index is 13.2. The predicted octanol–water partition coefficient (Wildman–Crippen LogP) is 1.90. The Balaban J connectivity index is 2.00. The third-order valence-electron chi connectivity index (χ3n) is 3.40. The zero-order chi connectivity index (χ0) is 10.1. The fourth-order valence-corrected chi connectivity index (χ4v) is 3.18. The fourth-order valence-electron chi connectivity index (χ4n) is 2.48. The highest BCUT2D eigenvalue weighted by molar-refractivity contribution is 7.99. The molecule has 0 amide bonds. The highest BCUT2D eigenvalue weighted by atomic mass is 32.2. The minimum Gasteiger partial charge on any atom is -0.374 e. The van der Waals surface area contributed by atoms with Crippen LogP contribution in [-0.4, -0.2) is 48.5 Å². The smallest absolute Gasteiger partial charge is 0.103 e. The molecule has 2 nitrogen and oxygen atoms in total. The highest BCUT2D eigenvalue weighted by Crippen LogP contribution is 2.33. The van der Waals surface area contributed by atoms with Crippen LogP contribution >= 0.6 is 11.8 Å². The van der Waals surface area contributed by atoms with Gasteiger partial charge in [-0.1, -0.05) is 0 Å². The maximum Gasteiger partial charge on any atom is 0.103 e. The number of likely N-dealkylation sites (N-methyl/N-ethyl adjacent to an activating group) is 1. The van der Waals surface area contributed by atoms with Gasteiger partial charge in [0.05, 0.1) is 18.1 Å². The summed E-state index contributed by atoms with van der Waals surface area (Å²) >= 11 is 1.82. The van der Waals surface area contributed by atoms with Crippen molar-refractivity contribution in [2.75, 3.05) is 19.9 Å². The first-order chi connectivity index (χ1) is 6.72. The van der Waals surface area contributed by atoms with Gasteiger partial charge in [-0.15, -0.1) is 11.8 Å². The molecule has 2 rings (SSSR count). The molecule has 14 heavy (non-hydrogen) atoms. The second-order valence-corrected chi connectivity index (χ2v) is 5.22. The summed E-state index contributed by atoms with van der Waals surface area (Å²) in [6, 6.07) is 0.438. The lowest BCUT2D eigenvalue weighted by Crippen LogP contribution is -2.56. The first-order valence-corrected chi connectivity index (χ1v) is 6.51. The normalized spacial score (nSPS) is 44.8. The molecule has 0 aromatic rings. The van der Waals surface area contributed by atoms with Crippen LogP contribution in [0.2, 0.25) is 0 Å². The number of ether oxygens (including phenoxy) is 1. The first-order valence-electron chi connectivity index (χ1n) is 5.22. The molecule has 2 fully saturated rings. The van der Waals surface area contributed by atoms with Crippen molar-refractivity contribution < 1.29 is 9.13 Å². The number of nitrogens with zero attached hydrogens (tertiary/aromatic N) is 1. The van der Waals surface area contributed by atoms with E-state index in [1.165, 1.54) is 0 Å². The lowest BCUT2D eigenvalue weighted by atomic mass is 9.89. The summed E-state index contributed by atoms with van der Waals surface area (Å²) in [5, 5.41) is 0.451. The number of halogens is 1. The zero-order valence-corrected chi connectivity index (χ0v) is 9.60. The molecular formula is C10H18FNOS. The van der Waals surface area contributed by atoms with Crippen molar-refractivity contribution in [3.8, 4) is 0 Å². The molecule has 4 heteroatoms. The van der Waals surface area contributed by atoms with Gasteiger partial charge in [0.15, 0.2) is 0 Å². The number of fused-ring (bicyclic) bond motifs is 1. The van der Waals surface area contributed by atoms with Crippen molar-refractivity contribution in [2.45, 2.75) is 43.0 Å². The van der Waals surface area contributed by atoms with E-state index in [-0.39, 0.29) is 6.10 Å². The Morgan fingerprint density at radius 2 is 2.21 bits per heavy atom. The van der Waals surface area contributed by atoms with Crippen molar-refractivity contribution in [1.29, 1.82) is 0 Å². The van der Waals surface area contributed by atoms with Crippen LogP contribution in [-0.2, 0) is 4.74 Å². The van der Waals surface area contributed by atoms with Crippen LogP contribution in [0.25, 0.3) is 0 Å². The van der Waals surface area contributed by atoms with Gasteiger partial charge in [-0.05, 0) is 26.1 Å². The van der Waals surface area contributed by atoms with Crippen LogP contribution in [0.3, 0.4) is 0 Å². The molecule has 4 unspecified atom stereocenters. The molecule has 1 saturated carbocycles. The fraction of sp³-hybridized carbons (Fsp3) is 1.00. The Kier molecular flexibility index (Phi) is 3.34. The van der Waals surface area contributed by atoms with E-state index in [2.05, 4.69) is 18.2 Å². The number of thioether (sulfide) groups is 1. The van der Waals surface area contributed by atoms with Crippen molar-refractivity contribution >= 4 is 11.8 Å². The minimum atomic E-state index is -0.643. The lowest BCUT2D eigenvalue weighted by Gasteiger charge is -2.46. The van der Waals surface area contributed by atoms with E-state index in [0.29, 0.717) is 24.3 Å². The Morgan fingerprint density at radius 1 is 1.43 bits per heavy atom. The van der Waals surface area contributed by atoms with Gasteiger partial charge in [-0.2, -0.15) is 0 Å². The minimum absolute atomic E-state index is 0.132. The molecule has 1 heterocycles. The summed E-state index contributed by atoms with van der Waals surface area (Å²) in [5.74, 6) is 0. The van der Waals surface area contributed by atoms with E-state index in [0.717, 1.165) is 13.0 Å². The summed E-state index contributed by atoms with van der Waals surface area (Å²) in [6.07, 6.45) is 3.83. The van der Waals surface area contributed by atoms with Crippen molar-refractivity contribution in [3.05, 3.63) is 0 Å². The molecule has 0 aromatic carbocycles. The van der Waals surface area contributed by atoms with Gasteiger partial charge in [0.25, 0.3) is 0 Å². The molecule has 0 spiro atoms. The topological polar surface area (TPSA) is 12.5 Å². The van der Waals surface area contributed by atoms with Gasteiger partial charge in [-0.3, -0.25) is 4.90 Å². The molecule has 4 atom stereocenters. The van der Waals surface area contributed by atoms with Crippen molar-refractivity contribution in [1.82, 2.24) is 4.90 Å². The molecular weight excluding hydrogens is 201 g/mol. The van der Waals surface area contributed by atoms with Crippen molar-refractivity contribution in [3.63, 3.8) is 0 Å². The van der Waals surface area contributed by atoms with Crippen LogP contribution in [0.15, 0.2) is 0 Å². The largest absolute Gasteiger partial charge is 0.374 e. The Labute approximate surface area is 89.2 Å². The van der Waals surface area contributed by atoms with E-state index >= 15 is 0 Å². The summed E-state index contributed by atoms with van der Waals surface area (Å²) in [5.41, 5.74) is 0. The molecule has 0 aromatic heterocycles. The Morgan fingerprint density at radius 3 is 2.93 bits per heavy atom. The summed E-state index contributed by atoms with van der Waals surface area (Å²) < 4.78 is 18.9. The van der Waals surface area contributed by atoms with Gasteiger partial charge >= 0.3 is 0 Å². The molecule has 1 aliphatic heterocycles. The SMILES string of the molecule is CSC1COC2CC(F)CCC2N1C. The van der Waals surface area contributed by atoms with E-state index in [4.69, 9.17) is 4.74 Å². The number of hydrogen-bond acceptors (Lipinski definition) is 3. The monoisotopic (exact) mass is 219 g/mol. The maximum absolute atomic E-state index is 13.2.